The van der Waals surface area contributed by atoms with Crippen LogP contribution in [-0.2, 0) is 11.3 Å². The average molecular weight is 263 g/mol. The Hall–Kier alpha value is -1.59. The van der Waals surface area contributed by atoms with E-state index in [1.165, 1.54) is 0 Å². The number of rotatable bonds is 3. The van der Waals surface area contributed by atoms with Crippen molar-refractivity contribution in [3.63, 3.8) is 0 Å². The van der Waals surface area contributed by atoms with E-state index in [2.05, 4.69) is 10.6 Å². The first kappa shape index (κ1) is 13.8. The second-order valence-corrected chi connectivity index (χ2v) is 5.16. The molecule has 2 unspecified atom stereocenters. The molecule has 0 radical (unpaired) electrons. The molecule has 0 aliphatic carbocycles. The van der Waals surface area contributed by atoms with Crippen LogP contribution in [0.3, 0.4) is 0 Å². The summed E-state index contributed by atoms with van der Waals surface area (Å²) in [6.45, 7) is 5.11. The van der Waals surface area contributed by atoms with Crippen molar-refractivity contribution in [2.45, 2.75) is 38.5 Å². The lowest BCUT2D eigenvalue weighted by Crippen LogP contribution is -2.52. The number of nitrogens with two attached hydrogens (primary N) is 1. The normalized spacial score (nSPS) is 26.2. The van der Waals surface area contributed by atoms with Crippen molar-refractivity contribution in [2.75, 3.05) is 11.9 Å². The number of ether oxygens (including phenoxy) is 1. The molecule has 0 bridgehead atoms. The maximum Gasteiger partial charge on any atom is 0.319 e. The van der Waals surface area contributed by atoms with Gasteiger partial charge >= 0.3 is 6.03 Å². The van der Waals surface area contributed by atoms with Crippen LogP contribution in [0, 0.1) is 0 Å². The Morgan fingerprint density at radius 2 is 2.37 bits per heavy atom. The molecule has 1 heterocycles. The van der Waals surface area contributed by atoms with Gasteiger partial charge in [0.25, 0.3) is 0 Å². The second-order valence-electron chi connectivity index (χ2n) is 5.16. The monoisotopic (exact) mass is 263 g/mol. The molecular weight excluding hydrogens is 242 g/mol. The minimum Gasteiger partial charge on any atom is -0.376 e. The highest BCUT2D eigenvalue weighted by atomic mass is 16.5. The third-order valence-corrected chi connectivity index (χ3v) is 3.71. The van der Waals surface area contributed by atoms with Gasteiger partial charge in [-0.25, -0.2) is 4.79 Å². The van der Waals surface area contributed by atoms with Crippen LogP contribution in [0.4, 0.5) is 10.5 Å². The van der Waals surface area contributed by atoms with Gasteiger partial charge in [0.1, 0.15) is 0 Å². The Balaban J connectivity index is 1.97. The highest BCUT2D eigenvalue weighted by Crippen LogP contribution is 2.25. The minimum atomic E-state index is -0.310. The maximum absolute atomic E-state index is 12.0. The van der Waals surface area contributed by atoms with Gasteiger partial charge < -0.3 is 21.1 Å². The van der Waals surface area contributed by atoms with Crippen LogP contribution in [0.15, 0.2) is 24.3 Å². The Bertz CT molecular complexity index is 464. The van der Waals surface area contributed by atoms with E-state index in [0.29, 0.717) is 13.2 Å². The Morgan fingerprint density at radius 1 is 1.58 bits per heavy atom. The first-order valence-electron chi connectivity index (χ1n) is 6.53. The predicted octanol–water partition coefficient (Wildman–Crippen LogP) is 1.83. The maximum atomic E-state index is 12.0. The molecule has 1 aromatic rings. The lowest BCUT2D eigenvalue weighted by Gasteiger charge is -2.28. The van der Waals surface area contributed by atoms with E-state index in [1.54, 1.807) is 0 Å². The summed E-state index contributed by atoms with van der Waals surface area (Å²) in [5.74, 6) is 0. The SMILES string of the molecule is CC1OCCC1(C)NC(=O)Nc1cccc(CN)c1. The van der Waals surface area contributed by atoms with E-state index < -0.39 is 0 Å². The van der Waals surface area contributed by atoms with E-state index in [1.807, 2.05) is 38.1 Å². The molecule has 5 heteroatoms. The van der Waals surface area contributed by atoms with Crippen LogP contribution >= 0.6 is 0 Å². The number of anilines is 1. The van der Waals surface area contributed by atoms with Crippen LogP contribution in [0.5, 0.6) is 0 Å². The van der Waals surface area contributed by atoms with Crippen molar-refractivity contribution < 1.29 is 9.53 Å². The Morgan fingerprint density at radius 3 is 3.00 bits per heavy atom. The van der Waals surface area contributed by atoms with Gasteiger partial charge in [-0.15, -0.1) is 0 Å². The predicted molar refractivity (Wildman–Crippen MR) is 74.9 cm³/mol. The van der Waals surface area contributed by atoms with Crippen LogP contribution in [0.25, 0.3) is 0 Å². The molecule has 2 amide bonds. The topological polar surface area (TPSA) is 76.4 Å². The summed E-state index contributed by atoms with van der Waals surface area (Å²) >= 11 is 0. The molecule has 1 aliphatic rings. The van der Waals surface area contributed by atoms with E-state index in [0.717, 1.165) is 17.7 Å². The van der Waals surface area contributed by atoms with Crippen molar-refractivity contribution in [1.82, 2.24) is 5.32 Å². The lowest BCUT2D eigenvalue weighted by molar-refractivity contribution is 0.0920. The summed E-state index contributed by atoms with van der Waals surface area (Å²) in [7, 11) is 0. The van der Waals surface area contributed by atoms with Gasteiger partial charge in [-0.2, -0.15) is 0 Å². The van der Waals surface area contributed by atoms with Crippen LogP contribution in [0.2, 0.25) is 0 Å². The number of benzene rings is 1. The van der Waals surface area contributed by atoms with Gasteiger partial charge in [-0.3, -0.25) is 0 Å². The highest BCUT2D eigenvalue weighted by Gasteiger charge is 2.38. The molecule has 0 saturated carbocycles. The van der Waals surface area contributed by atoms with Crippen molar-refractivity contribution >= 4 is 11.7 Å². The first-order valence-corrected chi connectivity index (χ1v) is 6.53. The molecule has 5 nitrogen and oxygen atoms in total. The van der Waals surface area contributed by atoms with Gasteiger partial charge in [-0.1, -0.05) is 12.1 Å². The molecule has 2 atom stereocenters. The highest BCUT2D eigenvalue weighted by molar-refractivity contribution is 5.89. The zero-order valence-electron chi connectivity index (χ0n) is 11.4. The molecular formula is C14H21N3O2. The van der Waals surface area contributed by atoms with Crippen molar-refractivity contribution in [3.05, 3.63) is 29.8 Å². The number of nitrogens with one attached hydrogen (secondary N) is 2. The number of carbonyl (C=O) groups is 1. The number of hydrogen-bond donors (Lipinski definition) is 3. The molecule has 1 saturated heterocycles. The molecule has 1 fully saturated rings. The molecule has 2 rings (SSSR count). The van der Waals surface area contributed by atoms with Crippen molar-refractivity contribution in [3.8, 4) is 0 Å². The van der Waals surface area contributed by atoms with Crippen molar-refractivity contribution in [1.29, 1.82) is 0 Å². The lowest BCUT2D eigenvalue weighted by atomic mass is 9.95. The number of carbonyl (C=O) groups excluding carboxylic acids is 1. The van der Waals surface area contributed by atoms with Gasteiger partial charge in [0.05, 0.1) is 11.6 Å². The van der Waals surface area contributed by atoms with E-state index in [-0.39, 0.29) is 17.7 Å². The molecule has 0 aromatic heterocycles. The summed E-state index contributed by atoms with van der Waals surface area (Å²) in [5.41, 5.74) is 7.00. The second kappa shape index (κ2) is 5.59. The fourth-order valence-corrected chi connectivity index (χ4v) is 2.20. The number of urea groups is 1. The summed E-state index contributed by atoms with van der Waals surface area (Å²) in [6.07, 6.45) is 0.846. The fraction of sp³-hybridized carbons (Fsp3) is 0.500. The summed E-state index contributed by atoms with van der Waals surface area (Å²) in [4.78, 5) is 12.0. The summed E-state index contributed by atoms with van der Waals surface area (Å²) in [6, 6.07) is 7.30. The molecule has 1 aliphatic heterocycles. The zero-order valence-corrected chi connectivity index (χ0v) is 11.4. The number of amides is 2. The van der Waals surface area contributed by atoms with E-state index >= 15 is 0 Å². The Kier molecular flexibility index (Phi) is 4.07. The van der Waals surface area contributed by atoms with Gasteiger partial charge in [0.2, 0.25) is 0 Å². The first-order chi connectivity index (χ1) is 9.03. The smallest absolute Gasteiger partial charge is 0.319 e. The Labute approximate surface area is 113 Å². The summed E-state index contributed by atoms with van der Waals surface area (Å²) < 4.78 is 5.50. The standard InChI is InChI=1S/C14H21N3O2/c1-10-14(2,6-7-19-10)17-13(18)16-12-5-3-4-11(8-12)9-15/h3-5,8,10H,6-7,9,15H2,1-2H3,(H2,16,17,18). The zero-order chi connectivity index (χ0) is 13.9. The van der Waals surface area contributed by atoms with Crippen molar-refractivity contribution in [2.24, 2.45) is 5.73 Å². The summed E-state index contributed by atoms with van der Waals surface area (Å²) in [5, 5.41) is 5.81. The molecule has 4 N–H and O–H groups in total. The molecule has 0 spiro atoms. The van der Waals surface area contributed by atoms with Crippen LogP contribution in [0.1, 0.15) is 25.8 Å². The van der Waals surface area contributed by atoms with Gasteiger partial charge in [-0.05, 0) is 38.0 Å². The molecule has 104 valence electrons. The molecule has 19 heavy (non-hydrogen) atoms. The third kappa shape index (κ3) is 3.24. The van der Waals surface area contributed by atoms with E-state index in [9.17, 15) is 4.79 Å². The minimum absolute atomic E-state index is 0.0219. The largest absolute Gasteiger partial charge is 0.376 e. The van der Waals surface area contributed by atoms with Gasteiger partial charge in [0, 0.05) is 18.8 Å². The van der Waals surface area contributed by atoms with Crippen LogP contribution < -0.4 is 16.4 Å². The average Bonchev–Trinajstić information content (AvgIpc) is 2.69. The molecule has 1 aromatic carbocycles. The quantitative estimate of drug-likeness (QED) is 0.778. The van der Waals surface area contributed by atoms with Gasteiger partial charge in [0.15, 0.2) is 0 Å². The van der Waals surface area contributed by atoms with Crippen LogP contribution in [-0.4, -0.2) is 24.3 Å². The number of hydrogen-bond acceptors (Lipinski definition) is 3. The van der Waals surface area contributed by atoms with E-state index in [4.69, 9.17) is 10.5 Å². The fourth-order valence-electron chi connectivity index (χ4n) is 2.20. The third-order valence-electron chi connectivity index (χ3n) is 3.71.